The molecule has 2 aromatic rings. The van der Waals surface area contributed by atoms with Gasteiger partial charge in [0.05, 0.1) is 6.04 Å². The van der Waals surface area contributed by atoms with E-state index in [2.05, 4.69) is 76.4 Å². The van der Waals surface area contributed by atoms with Crippen molar-refractivity contribution in [3.8, 4) is 0 Å². The van der Waals surface area contributed by atoms with Crippen LogP contribution < -0.4 is 5.32 Å². The molecule has 1 aliphatic heterocycles. The normalized spacial score (nSPS) is 21.4. The van der Waals surface area contributed by atoms with Crippen molar-refractivity contribution in [2.75, 3.05) is 18.4 Å². The monoisotopic (exact) mass is 416 g/mol. The van der Waals surface area contributed by atoms with Gasteiger partial charge >= 0.3 is 0 Å². The quantitative estimate of drug-likeness (QED) is 0.531. The number of benzene rings is 2. The van der Waals surface area contributed by atoms with Gasteiger partial charge in [0, 0.05) is 30.3 Å². The molecule has 2 aliphatic rings. The third kappa shape index (κ3) is 4.03. The fourth-order valence-corrected chi connectivity index (χ4v) is 5.73. The molecule has 164 valence electrons. The molecule has 31 heavy (non-hydrogen) atoms. The van der Waals surface area contributed by atoms with E-state index in [1.165, 1.54) is 33.5 Å². The van der Waals surface area contributed by atoms with Crippen molar-refractivity contribution < 1.29 is 4.79 Å². The third-order valence-corrected chi connectivity index (χ3v) is 6.93. The lowest BCUT2D eigenvalue weighted by atomic mass is 9.74. The van der Waals surface area contributed by atoms with Crippen LogP contribution in [-0.2, 0) is 0 Å². The summed E-state index contributed by atoms with van der Waals surface area (Å²) >= 11 is 0. The first kappa shape index (κ1) is 21.7. The summed E-state index contributed by atoms with van der Waals surface area (Å²) in [5.41, 5.74) is 8.76. The van der Waals surface area contributed by atoms with Gasteiger partial charge < -0.3 is 10.2 Å². The molecule has 1 N–H and O–H groups in total. The first-order valence-corrected chi connectivity index (χ1v) is 11.9. The molecule has 0 fully saturated rings. The number of rotatable bonds is 6. The van der Waals surface area contributed by atoms with E-state index in [0.717, 1.165) is 37.9 Å². The van der Waals surface area contributed by atoms with Crippen LogP contribution in [-0.4, -0.2) is 23.9 Å². The lowest BCUT2D eigenvalue weighted by molar-refractivity contribution is 0.0755. The lowest BCUT2D eigenvalue weighted by Crippen LogP contribution is -2.33. The second-order valence-corrected chi connectivity index (χ2v) is 9.38. The van der Waals surface area contributed by atoms with E-state index in [-0.39, 0.29) is 5.91 Å². The first-order chi connectivity index (χ1) is 14.9. The van der Waals surface area contributed by atoms with Crippen molar-refractivity contribution in [1.29, 1.82) is 0 Å². The number of anilines is 1. The molecule has 1 amide bonds. The average molecular weight is 417 g/mol. The van der Waals surface area contributed by atoms with Crippen molar-refractivity contribution in [3.05, 3.63) is 75.9 Å². The zero-order valence-electron chi connectivity index (χ0n) is 19.7. The molecule has 0 spiro atoms. The molecule has 3 unspecified atom stereocenters. The van der Waals surface area contributed by atoms with Crippen LogP contribution in [0.5, 0.6) is 0 Å². The average Bonchev–Trinajstić information content (AvgIpc) is 3.22. The minimum absolute atomic E-state index is 0.164. The summed E-state index contributed by atoms with van der Waals surface area (Å²) in [4.78, 5) is 15.2. The first-order valence-electron chi connectivity index (χ1n) is 11.9. The lowest BCUT2D eigenvalue weighted by Gasteiger charge is -2.39. The fraction of sp³-hybridized carbons (Fsp3) is 0.464. The van der Waals surface area contributed by atoms with Gasteiger partial charge in [-0.1, -0.05) is 43.7 Å². The molecule has 0 saturated heterocycles. The standard InChI is InChI=1S/C28H36N2O/c1-6-13-30(14-7-2)28(31)21-11-12-25-24(17-21)22-9-8-10-23(22)27(29-25)26-19(4)15-18(3)16-20(26)5/h8-9,11-12,15-17,22-23,27,29H,6-7,10,13-14H2,1-5H3. The smallest absolute Gasteiger partial charge is 0.253 e. The Kier molecular flexibility index (Phi) is 6.22. The van der Waals surface area contributed by atoms with Crippen LogP contribution in [0.4, 0.5) is 5.69 Å². The second-order valence-electron chi connectivity index (χ2n) is 9.38. The number of carbonyl (C=O) groups is 1. The Labute approximate surface area is 187 Å². The Morgan fingerprint density at radius 2 is 1.71 bits per heavy atom. The molecule has 0 aromatic heterocycles. The molecule has 1 heterocycles. The molecule has 3 atom stereocenters. The van der Waals surface area contributed by atoms with Crippen molar-refractivity contribution in [1.82, 2.24) is 4.90 Å². The number of hydrogen-bond acceptors (Lipinski definition) is 2. The molecule has 0 radical (unpaired) electrons. The predicted molar refractivity (Wildman–Crippen MR) is 130 cm³/mol. The highest BCUT2D eigenvalue weighted by molar-refractivity contribution is 5.95. The SMILES string of the molecule is CCCN(CCC)C(=O)c1ccc2c(c1)C1C=CCC1C(c1c(C)cc(C)cc1C)N2. The van der Waals surface area contributed by atoms with E-state index in [1.807, 2.05) is 11.0 Å². The van der Waals surface area contributed by atoms with Crippen molar-refractivity contribution >= 4 is 11.6 Å². The maximum atomic E-state index is 13.2. The molecule has 3 nitrogen and oxygen atoms in total. The Hall–Kier alpha value is -2.55. The van der Waals surface area contributed by atoms with Crippen molar-refractivity contribution in [3.63, 3.8) is 0 Å². The molecule has 2 aromatic carbocycles. The van der Waals surface area contributed by atoms with Gasteiger partial charge in [-0.05, 0) is 86.4 Å². The van der Waals surface area contributed by atoms with Crippen LogP contribution in [0.25, 0.3) is 0 Å². The highest BCUT2D eigenvalue weighted by atomic mass is 16.2. The Balaban J connectivity index is 1.70. The summed E-state index contributed by atoms with van der Waals surface area (Å²) in [5.74, 6) is 1.01. The molecule has 1 aliphatic carbocycles. The van der Waals surface area contributed by atoms with Crippen molar-refractivity contribution in [2.24, 2.45) is 5.92 Å². The van der Waals surface area contributed by atoms with Crippen LogP contribution in [0, 0.1) is 26.7 Å². The number of amides is 1. The Bertz CT molecular complexity index is 977. The second kappa shape index (κ2) is 8.90. The van der Waals surface area contributed by atoms with E-state index >= 15 is 0 Å². The van der Waals surface area contributed by atoms with Gasteiger partial charge in [0.2, 0.25) is 0 Å². The molecule has 0 saturated carbocycles. The van der Waals surface area contributed by atoms with Crippen molar-refractivity contribution in [2.45, 2.75) is 65.8 Å². The van der Waals surface area contributed by atoms with Gasteiger partial charge in [0.15, 0.2) is 0 Å². The van der Waals surface area contributed by atoms with Crippen LogP contribution in [0.2, 0.25) is 0 Å². The van der Waals surface area contributed by atoms with Gasteiger partial charge in [-0.25, -0.2) is 0 Å². The van der Waals surface area contributed by atoms with E-state index < -0.39 is 0 Å². The maximum absolute atomic E-state index is 13.2. The minimum Gasteiger partial charge on any atom is -0.378 e. The number of aryl methyl sites for hydroxylation is 3. The summed E-state index contributed by atoms with van der Waals surface area (Å²) < 4.78 is 0. The minimum atomic E-state index is 0.164. The number of carbonyl (C=O) groups excluding carboxylic acids is 1. The molecule has 3 heteroatoms. The van der Waals surface area contributed by atoms with E-state index in [4.69, 9.17) is 0 Å². The number of allylic oxidation sites excluding steroid dienone is 2. The predicted octanol–water partition coefficient (Wildman–Crippen LogP) is 6.70. The van der Waals surface area contributed by atoms with Crippen LogP contribution >= 0.6 is 0 Å². The summed E-state index contributed by atoms with van der Waals surface area (Å²) in [5, 5.41) is 3.87. The van der Waals surface area contributed by atoms with E-state index in [9.17, 15) is 4.79 Å². The van der Waals surface area contributed by atoms with Crippen LogP contribution in [0.15, 0.2) is 42.5 Å². The highest BCUT2D eigenvalue weighted by Crippen LogP contribution is 2.51. The number of fused-ring (bicyclic) bond motifs is 3. The van der Waals surface area contributed by atoms with Gasteiger partial charge in [-0.2, -0.15) is 0 Å². The molecule has 4 rings (SSSR count). The number of nitrogens with zero attached hydrogens (tertiary/aromatic N) is 1. The summed E-state index contributed by atoms with van der Waals surface area (Å²) in [6, 6.07) is 11.2. The topological polar surface area (TPSA) is 32.3 Å². The van der Waals surface area contributed by atoms with Crippen LogP contribution in [0.1, 0.15) is 83.2 Å². The summed E-state index contributed by atoms with van der Waals surface area (Å²) in [6.45, 7) is 12.6. The largest absolute Gasteiger partial charge is 0.378 e. The molecular weight excluding hydrogens is 380 g/mol. The Morgan fingerprint density at radius 1 is 1.03 bits per heavy atom. The summed E-state index contributed by atoms with van der Waals surface area (Å²) in [7, 11) is 0. The van der Waals surface area contributed by atoms with E-state index in [0.29, 0.717) is 17.9 Å². The Morgan fingerprint density at radius 3 is 2.35 bits per heavy atom. The fourth-order valence-electron chi connectivity index (χ4n) is 5.73. The zero-order chi connectivity index (χ0) is 22.1. The van der Waals surface area contributed by atoms with Crippen LogP contribution in [0.3, 0.4) is 0 Å². The number of hydrogen-bond donors (Lipinski definition) is 1. The summed E-state index contributed by atoms with van der Waals surface area (Å²) in [6.07, 6.45) is 7.74. The van der Waals surface area contributed by atoms with E-state index in [1.54, 1.807) is 0 Å². The van der Waals surface area contributed by atoms with Gasteiger partial charge in [-0.15, -0.1) is 0 Å². The van der Waals surface area contributed by atoms with Gasteiger partial charge in [-0.3, -0.25) is 4.79 Å². The zero-order valence-corrected chi connectivity index (χ0v) is 19.7. The maximum Gasteiger partial charge on any atom is 0.253 e. The van der Waals surface area contributed by atoms with Gasteiger partial charge in [0.1, 0.15) is 0 Å². The highest BCUT2D eigenvalue weighted by Gasteiger charge is 2.39. The molecular formula is C28H36N2O. The molecule has 0 bridgehead atoms. The third-order valence-electron chi connectivity index (χ3n) is 6.93. The van der Waals surface area contributed by atoms with Gasteiger partial charge in [0.25, 0.3) is 5.91 Å². The number of nitrogens with one attached hydrogen (secondary N) is 1.